The molecule has 4 heteroatoms. The van der Waals surface area contributed by atoms with Crippen LogP contribution in [-0.2, 0) is 13.2 Å². The first-order chi connectivity index (χ1) is 10.2. The van der Waals surface area contributed by atoms with Crippen LogP contribution in [0.4, 0.5) is 0 Å². The molecule has 3 nitrogen and oxygen atoms in total. The first kappa shape index (κ1) is 13.8. The number of aromatic nitrogens is 1. The number of phenols is 1. The summed E-state index contributed by atoms with van der Waals surface area (Å²) in [7, 11) is 0. The number of para-hydroxylation sites is 2. The maximum Gasteiger partial charge on any atom is 0.161 e. The van der Waals surface area contributed by atoms with Crippen LogP contribution in [0.3, 0.4) is 0 Å². The SMILES string of the molecule is CCn1c(COc2ccccc2O)cc2ccc(Cl)cc21. The van der Waals surface area contributed by atoms with Gasteiger partial charge in [-0.15, -0.1) is 0 Å². The second-order valence-electron chi connectivity index (χ2n) is 4.84. The molecule has 0 atom stereocenters. The molecule has 0 aliphatic carbocycles. The molecule has 2 aromatic carbocycles. The molecule has 0 spiro atoms. The van der Waals surface area contributed by atoms with Crippen molar-refractivity contribution in [3.8, 4) is 11.5 Å². The fraction of sp³-hybridized carbons (Fsp3) is 0.176. The van der Waals surface area contributed by atoms with Gasteiger partial charge in [0.1, 0.15) is 6.61 Å². The van der Waals surface area contributed by atoms with Crippen LogP contribution < -0.4 is 4.74 Å². The molecule has 1 N–H and O–H groups in total. The van der Waals surface area contributed by atoms with Crippen LogP contribution in [0.2, 0.25) is 5.02 Å². The standard InChI is InChI=1S/C17H16ClNO2/c1-2-19-14(9-12-7-8-13(18)10-15(12)19)11-21-17-6-4-3-5-16(17)20/h3-10,20H,2,11H2,1H3. The Balaban J connectivity index is 1.92. The van der Waals surface area contributed by atoms with Gasteiger partial charge in [0, 0.05) is 22.5 Å². The third-order valence-corrected chi connectivity index (χ3v) is 3.74. The van der Waals surface area contributed by atoms with Crippen LogP contribution in [0.25, 0.3) is 10.9 Å². The normalized spacial score (nSPS) is 11.0. The summed E-state index contributed by atoms with van der Waals surface area (Å²) in [5.41, 5.74) is 2.15. The summed E-state index contributed by atoms with van der Waals surface area (Å²) in [5, 5.41) is 11.6. The van der Waals surface area contributed by atoms with Gasteiger partial charge in [0.25, 0.3) is 0 Å². The molecule has 0 saturated carbocycles. The lowest BCUT2D eigenvalue weighted by Crippen LogP contribution is -2.04. The van der Waals surface area contributed by atoms with Crippen LogP contribution in [-0.4, -0.2) is 9.67 Å². The molecule has 0 amide bonds. The minimum absolute atomic E-state index is 0.153. The topological polar surface area (TPSA) is 34.4 Å². The van der Waals surface area contributed by atoms with Gasteiger partial charge in [-0.1, -0.05) is 29.8 Å². The Kier molecular flexibility index (Phi) is 3.76. The van der Waals surface area contributed by atoms with E-state index in [1.807, 2.05) is 24.3 Å². The summed E-state index contributed by atoms with van der Waals surface area (Å²) in [5.74, 6) is 0.642. The molecule has 0 radical (unpaired) electrons. The van der Waals surface area contributed by atoms with E-state index in [-0.39, 0.29) is 5.75 Å². The van der Waals surface area contributed by atoms with Crippen molar-refractivity contribution in [3.05, 3.63) is 59.2 Å². The highest BCUT2D eigenvalue weighted by atomic mass is 35.5. The Bertz CT molecular complexity index is 780. The Morgan fingerprint density at radius 2 is 1.95 bits per heavy atom. The highest BCUT2D eigenvalue weighted by Crippen LogP contribution is 2.27. The smallest absolute Gasteiger partial charge is 0.161 e. The minimum atomic E-state index is 0.153. The van der Waals surface area contributed by atoms with Gasteiger partial charge in [-0.05, 0) is 37.3 Å². The molecular weight excluding hydrogens is 286 g/mol. The summed E-state index contributed by atoms with van der Waals surface area (Å²) in [6, 6.07) is 14.9. The van der Waals surface area contributed by atoms with Crippen LogP contribution in [0.15, 0.2) is 48.5 Å². The minimum Gasteiger partial charge on any atom is -0.504 e. The van der Waals surface area contributed by atoms with Gasteiger partial charge in [0.05, 0.1) is 5.69 Å². The zero-order valence-electron chi connectivity index (χ0n) is 11.7. The fourth-order valence-electron chi connectivity index (χ4n) is 2.51. The number of aryl methyl sites for hydroxylation is 1. The van der Waals surface area contributed by atoms with Gasteiger partial charge in [-0.3, -0.25) is 0 Å². The number of hydrogen-bond donors (Lipinski definition) is 1. The summed E-state index contributed by atoms with van der Waals surface area (Å²) >= 11 is 6.07. The van der Waals surface area contributed by atoms with E-state index in [9.17, 15) is 5.11 Å². The molecule has 0 aliphatic rings. The molecule has 0 fully saturated rings. The van der Waals surface area contributed by atoms with Gasteiger partial charge in [0.15, 0.2) is 11.5 Å². The number of benzene rings is 2. The van der Waals surface area contributed by atoms with Crippen molar-refractivity contribution < 1.29 is 9.84 Å². The van der Waals surface area contributed by atoms with Crippen LogP contribution in [0.5, 0.6) is 11.5 Å². The number of phenolic OH excluding ortho intramolecular Hbond substituents is 1. The van der Waals surface area contributed by atoms with Crippen molar-refractivity contribution in [1.82, 2.24) is 4.57 Å². The summed E-state index contributed by atoms with van der Waals surface area (Å²) in [6.07, 6.45) is 0. The lowest BCUT2D eigenvalue weighted by Gasteiger charge is -2.10. The van der Waals surface area contributed by atoms with E-state index in [2.05, 4.69) is 17.6 Å². The third kappa shape index (κ3) is 2.69. The maximum atomic E-state index is 9.74. The average Bonchev–Trinajstić information content (AvgIpc) is 2.83. The van der Waals surface area contributed by atoms with Gasteiger partial charge < -0.3 is 14.4 Å². The van der Waals surface area contributed by atoms with Crippen LogP contribution in [0, 0.1) is 0 Å². The molecule has 1 heterocycles. The number of ether oxygens (including phenoxy) is 1. The fourth-order valence-corrected chi connectivity index (χ4v) is 2.68. The Hall–Kier alpha value is -2.13. The van der Waals surface area contributed by atoms with Crippen molar-refractivity contribution >= 4 is 22.5 Å². The Morgan fingerprint density at radius 3 is 2.71 bits per heavy atom. The lowest BCUT2D eigenvalue weighted by atomic mass is 10.2. The van der Waals surface area contributed by atoms with E-state index in [1.54, 1.807) is 18.2 Å². The van der Waals surface area contributed by atoms with Crippen molar-refractivity contribution in [1.29, 1.82) is 0 Å². The zero-order chi connectivity index (χ0) is 14.8. The van der Waals surface area contributed by atoms with Crippen molar-refractivity contribution in [2.45, 2.75) is 20.1 Å². The average molecular weight is 302 g/mol. The van der Waals surface area contributed by atoms with Crippen molar-refractivity contribution in [2.75, 3.05) is 0 Å². The Morgan fingerprint density at radius 1 is 1.14 bits per heavy atom. The second-order valence-corrected chi connectivity index (χ2v) is 5.28. The quantitative estimate of drug-likeness (QED) is 0.764. The first-order valence-electron chi connectivity index (χ1n) is 6.87. The van der Waals surface area contributed by atoms with E-state index in [0.717, 1.165) is 28.2 Å². The molecule has 0 unspecified atom stereocenters. The highest BCUT2D eigenvalue weighted by molar-refractivity contribution is 6.31. The number of halogens is 1. The Labute approximate surface area is 128 Å². The molecular formula is C17H16ClNO2. The number of fused-ring (bicyclic) bond motifs is 1. The highest BCUT2D eigenvalue weighted by Gasteiger charge is 2.09. The number of hydrogen-bond acceptors (Lipinski definition) is 2. The van der Waals surface area contributed by atoms with Crippen molar-refractivity contribution in [2.24, 2.45) is 0 Å². The van der Waals surface area contributed by atoms with Gasteiger partial charge >= 0.3 is 0 Å². The molecule has 1 aromatic heterocycles. The predicted molar refractivity (Wildman–Crippen MR) is 85.1 cm³/mol. The molecule has 0 bridgehead atoms. The van der Waals surface area contributed by atoms with Gasteiger partial charge in [-0.25, -0.2) is 0 Å². The molecule has 21 heavy (non-hydrogen) atoms. The molecule has 3 aromatic rings. The molecule has 0 aliphatic heterocycles. The van der Waals surface area contributed by atoms with Crippen LogP contribution >= 0.6 is 11.6 Å². The molecule has 3 rings (SSSR count). The van der Waals surface area contributed by atoms with Crippen molar-refractivity contribution in [3.63, 3.8) is 0 Å². The zero-order valence-corrected chi connectivity index (χ0v) is 12.5. The summed E-state index contributed by atoms with van der Waals surface area (Å²) in [4.78, 5) is 0. The third-order valence-electron chi connectivity index (χ3n) is 3.51. The van der Waals surface area contributed by atoms with E-state index in [1.165, 1.54) is 0 Å². The van der Waals surface area contributed by atoms with Crippen LogP contribution in [0.1, 0.15) is 12.6 Å². The summed E-state index contributed by atoms with van der Waals surface area (Å²) < 4.78 is 7.89. The summed E-state index contributed by atoms with van der Waals surface area (Å²) in [6.45, 7) is 3.32. The predicted octanol–water partition coefficient (Wildman–Crippen LogP) is 4.60. The lowest BCUT2D eigenvalue weighted by molar-refractivity contribution is 0.280. The van der Waals surface area contributed by atoms with E-state index < -0.39 is 0 Å². The first-order valence-corrected chi connectivity index (χ1v) is 7.25. The second kappa shape index (κ2) is 5.70. The number of rotatable bonds is 4. The van der Waals surface area contributed by atoms with Gasteiger partial charge in [0.2, 0.25) is 0 Å². The maximum absolute atomic E-state index is 9.74. The van der Waals surface area contributed by atoms with E-state index in [0.29, 0.717) is 12.4 Å². The van der Waals surface area contributed by atoms with E-state index >= 15 is 0 Å². The van der Waals surface area contributed by atoms with Gasteiger partial charge in [-0.2, -0.15) is 0 Å². The molecule has 0 saturated heterocycles. The monoisotopic (exact) mass is 301 g/mol. The molecule has 108 valence electrons. The number of nitrogens with zero attached hydrogens (tertiary/aromatic N) is 1. The number of aromatic hydroxyl groups is 1. The van der Waals surface area contributed by atoms with E-state index in [4.69, 9.17) is 16.3 Å². The largest absolute Gasteiger partial charge is 0.504 e.